The molecule has 0 aliphatic carbocycles. The van der Waals surface area contributed by atoms with E-state index in [1.165, 1.54) is 0 Å². The zero-order valence-electron chi connectivity index (χ0n) is 7.92. The lowest BCUT2D eigenvalue weighted by atomic mass is 10.2. The number of alkyl halides is 3. The molecule has 2 aromatic rings. The van der Waals surface area contributed by atoms with Gasteiger partial charge in [0.25, 0.3) is 9.68 Å². The van der Waals surface area contributed by atoms with E-state index in [-0.39, 0.29) is 11.7 Å². The van der Waals surface area contributed by atoms with Gasteiger partial charge in [-0.3, -0.25) is 0 Å². The van der Waals surface area contributed by atoms with E-state index in [1.807, 2.05) is 0 Å². The fourth-order valence-electron chi connectivity index (χ4n) is 1.11. The Kier molecular flexibility index (Phi) is 3.76. The molecule has 0 saturated heterocycles. The topological polar surface area (TPSA) is 38.9 Å². The maximum Gasteiger partial charge on any atom is 0.259 e. The quantitative estimate of drug-likeness (QED) is 0.699. The second kappa shape index (κ2) is 4.82. The summed E-state index contributed by atoms with van der Waals surface area (Å²) < 4.78 is 3.22. The lowest BCUT2D eigenvalue weighted by Gasteiger charge is -2.02. The Balaban J connectivity index is 2.44. The molecule has 1 aromatic heterocycles. The Hall–Kier alpha value is -0.190. The monoisotopic (exact) mass is 330 g/mol. The molecule has 8 heteroatoms. The van der Waals surface area contributed by atoms with Crippen molar-refractivity contribution in [1.82, 2.24) is 10.1 Å². The van der Waals surface area contributed by atoms with Gasteiger partial charge >= 0.3 is 0 Å². The number of rotatable bonds is 1. The molecule has 90 valence electrons. The van der Waals surface area contributed by atoms with Gasteiger partial charge in [-0.05, 0) is 18.2 Å². The van der Waals surface area contributed by atoms with Gasteiger partial charge in [-0.25, -0.2) is 0 Å². The third-order valence-corrected chi connectivity index (χ3v) is 2.90. The van der Waals surface area contributed by atoms with E-state index in [1.54, 1.807) is 18.2 Å². The normalized spacial score (nSPS) is 11.8. The van der Waals surface area contributed by atoms with Crippen LogP contribution in [0.4, 0.5) is 0 Å². The maximum absolute atomic E-state index is 5.98. The van der Waals surface area contributed by atoms with Crippen LogP contribution in [0.1, 0.15) is 5.82 Å². The Labute approximate surface area is 122 Å². The average Bonchev–Trinajstić information content (AvgIpc) is 2.65. The highest BCUT2D eigenvalue weighted by Gasteiger charge is 2.30. The first-order valence-corrected chi connectivity index (χ1v) is 6.13. The van der Waals surface area contributed by atoms with E-state index >= 15 is 0 Å². The van der Waals surface area contributed by atoms with Crippen molar-refractivity contribution >= 4 is 58.0 Å². The van der Waals surface area contributed by atoms with Crippen LogP contribution in [0.25, 0.3) is 11.5 Å². The van der Waals surface area contributed by atoms with E-state index in [0.29, 0.717) is 15.6 Å². The lowest BCUT2D eigenvalue weighted by Crippen LogP contribution is -2.02. The highest BCUT2D eigenvalue weighted by Crippen LogP contribution is 2.38. The van der Waals surface area contributed by atoms with Gasteiger partial charge in [0.1, 0.15) is 0 Å². The largest absolute Gasteiger partial charge is 0.334 e. The maximum atomic E-state index is 5.98. The van der Waals surface area contributed by atoms with Crippen LogP contribution in [0.15, 0.2) is 22.7 Å². The molecule has 0 fully saturated rings. The van der Waals surface area contributed by atoms with Gasteiger partial charge in [-0.1, -0.05) is 63.2 Å². The molecule has 0 spiro atoms. The zero-order chi connectivity index (χ0) is 12.6. The molecule has 0 aliphatic rings. The summed E-state index contributed by atoms with van der Waals surface area (Å²) in [5.74, 6) is 0.108. The SMILES string of the molecule is Clc1ccc(-c2nc(C(Cl)(Cl)Cl)no2)c(Cl)c1. The van der Waals surface area contributed by atoms with Crippen molar-refractivity contribution < 1.29 is 4.52 Å². The van der Waals surface area contributed by atoms with Crippen molar-refractivity contribution in [1.29, 1.82) is 0 Å². The first-order chi connectivity index (χ1) is 7.88. The molecule has 0 bridgehead atoms. The summed E-state index contributed by atoms with van der Waals surface area (Å²) in [6, 6.07) is 4.83. The molecule has 17 heavy (non-hydrogen) atoms. The predicted molar refractivity (Wildman–Crippen MR) is 69.0 cm³/mol. The van der Waals surface area contributed by atoms with Crippen molar-refractivity contribution in [2.45, 2.75) is 3.79 Å². The minimum atomic E-state index is -1.74. The van der Waals surface area contributed by atoms with Gasteiger partial charge in [0.05, 0.1) is 10.6 Å². The minimum absolute atomic E-state index is 0.0523. The second-order valence-electron chi connectivity index (χ2n) is 3.05. The summed E-state index contributed by atoms with van der Waals surface area (Å²) in [4.78, 5) is 3.94. The summed E-state index contributed by atoms with van der Waals surface area (Å²) in [7, 11) is 0. The molecular weight excluding hydrogens is 329 g/mol. The summed E-state index contributed by atoms with van der Waals surface area (Å²) in [5.41, 5.74) is 0.518. The van der Waals surface area contributed by atoms with Crippen molar-refractivity contribution in [2.24, 2.45) is 0 Å². The molecule has 2 rings (SSSR count). The molecule has 0 amide bonds. The van der Waals surface area contributed by atoms with Crippen LogP contribution < -0.4 is 0 Å². The molecule has 3 nitrogen and oxygen atoms in total. The van der Waals surface area contributed by atoms with Gasteiger partial charge in [-0.2, -0.15) is 4.98 Å². The number of hydrogen-bond acceptors (Lipinski definition) is 3. The van der Waals surface area contributed by atoms with Gasteiger partial charge < -0.3 is 4.52 Å². The van der Waals surface area contributed by atoms with Crippen LogP contribution in [0.3, 0.4) is 0 Å². The number of hydrogen-bond donors (Lipinski definition) is 0. The molecule has 0 unspecified atom stereocenters. The van der Waals surface area contributed by atoms with Crippen LogP contribution in [-0.4, -0.2) is 10.1 Å². The third-order valence-electron chi connectivity index (χ3n) is 1.84. The molecule has 1 heterocycles. The van der Waals surface area contributed by atoms with E-state index < -0.39 is 3.79 Å². The molecule has 0 saturated carbocycles. The highest BCUT2D eigenvalue weighted by atomic mass is 35.6. The van der Waals surface area contributed by atoms with Crippen molar-refractivity contribution in [2.75, 3.05) is 0 Å². The first-order valence-electron chi connectivity index (χ1n) is 4.24. The third kappa shape index (κ3) is 2.98. The molecule has 0 radical (unpaired) electrons. The summed E-state index contributed by atoms with van der Waals surface area (Å²) in [6.07, 6.45) is 0. The number of aromatic nitrogens is 2. The van der Waals surface area contributed by atoms with Gasteiger partial charge in [0.2, 0.25) is 5.82 Å². The number of nitrogens with zero attached hydrogens (tertiary/aromatic N) is 2. The van der Waals surface area contributed by atoms with Crippen LogP contribution >= 0.6 is 58.0 Å². The Morgan fingerprint density at radius 1 is 1.12 bits per heavy atom. The smallest absolute Gasteiger partial charge is 0.259 e. The van der Waals surface area contributed by atoms with Crippen LogP contribution in [0.2, 0.25) is 10.0 Å². The number of benzene rings is 1. The van der Waals surface area contributed by atoms with Gasteiger partial charge in [0.15, 0.2) is 0 Å². The van der Waals surface area contributed by atoms with E-state index in [2.05, 4.69) is 10.1 Å². The Morgan fingerprint density at radius 2 is 1.82 bits per heavy atom. The lowest BCUT2D eigenvalue weighted by molar-refractivity contribution is 0.423. The Bertz CT molecular complexity index is 549. The molecule has 1 aromatic carbocycles. The standard InChI is InChI=1S/C9H3Cl5N2O/c10-4-1-2-5(6(11)3-4)7-15-8(16-17-7)9(12,13)14/h1-3H. The van der Waals surface area contributed by atoms with Crippen molar-refractivity contribution in [3.63, 3.8) is 0 Å². The zero-order valence-corrected chi connectivity index (χ0v) is 11.7. The molecule has 0 aliphatic heterocycles. The van der Waals surface area contributed by atoms with Gasteiger partial charge in [0, 0.05) is 5.02 Å². The summed E-state index contributed by atoms with van der Waals surface area (Å²) in [5, 5.41) is 4.43. The van der Waals surface area contributed by atoms with Crippen molar-refractivity contribution in [3.05, 3.63) is 34.1 Å². The van der Waals surface area contributed by atoms with Gasteiger partial charge in [-0.15, -0.1) is 0 Å². The Morgan fingerprint density at radius 3 is 2.35 bits per heavy atom. The van der Waals surface area contributed by atoms with Crippen LogP contribution in [0, 0.1) is 0 Å². The van der Waals surface area contributed by atoms with E-state index in [4.69, 9.17) is 62.5 Å². The van der Waals surface area contributed by atoms with Crippen LogP contribution in [-0.2, 0) is 3.79 Å². The van der Waals surface area contributed by atoms with E-state index in [9.17, 15) is 0 Å². The molecule has 0 atom stereocenters. The number of halogens is 5. The fraction of sp³-hybridized carbons (Fsp3) is 0.111. The minimum Gasteiger partial charge on any atom is -0.334 e. The highest BCUT2D eigenvalue weighted by molar-refractivity contribution is 6.66. The fourth-order valence-corrected chi connectivity index (χ4v) is 1.83. The summed E-state index contributed by atoms with van der Waals surface area (Å²) in [6.45, 7) is 0. The van der Waals surface area contributed by atoms with E-state index in [0.717, 1.165) is 0 Å². The molecular formula is C9H3Cl5N2O. The molecule has 0 N–H and O–H groups in total. The first kappa shape index (κ1) is 13.2. The average molecular weight is 332 g/mol. The second-order valence-corrected chi connectivity index (χ2v) is 6.17. The van der Waals surface area contributed by atoms with Crippen molar-refractivity contribution in [3.8, 4) is 11.5 Å². The predicted octanol–water partition coefficient (Wildman–Crippen LogP) is 4.87. The van der Waals surface area contributed by atoms with Crippen LogP contribution in [0.5, 0.6) is 0 Å². The summed E-state index contributed by atoms with van der Waals surface area (Å²) >= 11 is 28.6.